The van der Waals surface area contributed by atoms with Crippen molar-refractivity contribution >= 4 is 17.6 Å². The highest BCUT2D eigenvalue weighted by molar-refractivity contribution is 6.07. The van der Waals surface area contributed by atoms with Crippen LogP contribution in [0.2, 0.25) is 0 Å². The predicted molar refractivity (Wildman–Crippen MR) is 106 cm³/mol. The van der Waals surface area contributed by atoms with Crippen molar-refractivity contribution < 1.29 is 19.1 Å². The molecule has 0 aromatic heterocycles. The fraction of sp³-hybridized carbons (Fsp3) is 0.455. The number of carbonyl (C=O) groups excluding carboxylic acids is 2. The summed E-state index contributed by atoms with van der Waals surface area (Å²) in [5.41, 5.74) is 1.90. The second kappa shape index (κ2) is 7.09. The van der Waals surface area contributed by atoms with E-state index in [0.29, 0.717) is 12.0 Å². The van der Waals surface area contributed by atoms with E-state index in [9.17, 15) is 9.59 Å². The van der Waals surface area contributed by atoms with Crippen LogP contribution in [0, 0.1) is 11.8 Å². The number of ether oxygens (including phenoxy) is 2. The average Bonchev–Trinajstić information content (AvgIpc) is 3.23. The van der Waals surface area contributed by atoms with Gasteiger partial charge in [0.05, 0.1) is 31.5 Å². The Hall–Kier alpha value is -2.60. The number of hydrogen-bond acceptors (Lipinski definition) is 5. The molecule has 0 unspecified atom stereocenters. The first-order valence-electron chi connectivity index (χ1n) is 9.65. The van der Waals surface area contributed by atoms with Crippen LogP contribution in [0.3, 0.4) is 0 Å². The lowest BCUT2D eigenvalue weighted by Crippen LogP contribution is -2.53. The van der Waals surface area contributed by atoms with Gasteiger partial charge >= 0.3 is 5.97 Å². The lowest BCUT2D eigenvalue weighted by molar-refractivity contribution is -0.137. The third-order valence-corrected chi connectivity index (χ3v) is 6.67. The molecule has 0 saturated carbocycles. The van der Waals surface area contributed by atoms with Gasteiger partial charge in [0.2, 0.25) is 5.91 Å². The molecule has 3 aliphatic heterocycles. The standard InChI is InChI=1S/C22H26N2O4/c1-4-14-12-24-10-9-22(17-7-5-6-8-18(17)23-21(22)26)19(24)11-15(14)16(13-27-2)20(25)28-3/h4-8,13-15,19H,1,9-12H2,2-3H3,(H,23,26)/b16-13+/t14-,15-,19-,22+/m0/s1. The van der Waals surface area contributed by atoms with E-state index in [1.54, 1.807) is 0 Å². The molecule has 6 heteroatoms. The SMILES string of the molecule is C=C[C@H]1CN2CC[C@]3(C(=O)Nc4ccccc43)[C@@H]2C[C@@H]1/C(=C\OC)C(=O)OC. The van der Waals surface area contributed by atoms with Gasteiger partial charge in [-0.2, -0.15) is 0 Å². The molecule has 4 rings (SSSR count). The number of para-hydroxylation sites is 1. The molecule has 0 radical (unpaired) electrons. The van der Waals surface area contributed by atoms with Gasteiger partial charge in [-0.15, -0.1) is 6.58 Å². The van der Waals surface area contributed by atoms with Crippen LogP contribution >= 0.6 is 0 Å². The van der Waals surface area contributed by atoms with Crippen molar-refractivity contribution in [2.75, 3.05) is 32.6 Å². The summed E-state index contributed by atoms with van der Waals surface area (Å²) < 4.78 is 10.2. The number of nitrogens with one attached hydrogen (secondary N) is 1. The molecule has 1 aromatic carbocycles. The van der Waals surface area contributed by atoms with Crippen LogP contribution in [0.15, 0.2) is 48.8 Å². The van der Waals surface area contributed by atoms with Gasteiger partial charge in [-0.25, -0.2) is 4.79 Å². The molecule has 148 valence electrons. The first kappa shape index (κ1) is 18.7. The number of rotatable bonds is 4. The maximum atomic E-state index is 13.2. The Balaban J connectivity index is 1.75. The number of amides is 1. The van der Waals surface area contributed by atoms with Gasteiger partial charge in [-0.3, -0.25) is 9.69 Å². The van der Waals surface area contributed by atoms with E-state index in [1.807, 2.05) is 24.3 Å². The van der Waals surface area contributed by atoms with Crippen LogP contribution in [-0.2, 0) is 24.5 Å². The van der Waals surface area contributed by atoms with Gasteiger partial charge in [0.25, 0.3) is 0 Å². The summed E-state index contributed by atoms with van der Waals surface area (Å²) in [6.07, 6.45) is 4.83. The maximum absolute atomic E-state index is 13.2. The molecule has 1 amide bonds. The third-order valence-electron chi connectivity index (χ3n) is 6.67. The van der Waals surface area contributed by atoms with Crippen LogP contribution in [0.1, 0.15) is 18.4 Å². The van der Waals surface area contributed by atoms with Crippen molar-refractivity contribution in [3.05, 3.63) is 54.3 Å². The second-order valence-electron chi connectivity index (χ2n) is 7.77. The number of benzene rings is 1. The fourth-order valence-electron chi connectivity index (χ4n) is 5.38. The second-order valence-corrected chi connectivity index (χ2v) is 7.77. The summed E-state index contributed by atoms with van der Waals surface area (Å²) in [7, 11) is 2.90. The summed E-state index contributed by atoms with van der Waals surface area (Å²) in [6, 6.07) is 7.96. The number of hydrogen-bond donors (Lipinski definition) is 1. The smallest absolute Gasteiger partial charge is 0.337 e. The molecule has 0 aliphatic carbocycles. The van der Waals surface area contributed by atoms with Gasteiger partial charge < -0.3 is 14.8 Å². The van der Waals surface area contributed by atoms with E-state index in [-0.39, 0.29) is 23.8 Å². The molecular weight excluding hydrogens is 356 g/mol. The van der Waals surface area contributed by atoms with Gasteiger partial charge in [-0.05, 0) is 36.9 Å². The number of anilines is 1. The van der Waals surface area contributed by atoms with Crippen LogP contribution < -0.4 is 5.32 Å². The Morgan fingerprint density at radius 1 is 1.36 bits per heavy atom. The Kier molecular flexibility index (Phi) is 4.75. The van der Waals surface area contributed by atoms with Gasteiger partial charge in [0, 0.05) is 24.2 Å². The average molecular weight is 382 g/mol. The number of carbonyl (C=O) groups is 2. The minimum atomic E-state index is -0.574. The van der Waals surface area contributed by atoms with Crippen molar-refractivity contribution in [3.8, 4) is 0 Å². The minimum absolute atomic E-state index is 0.0160. The highest BCUT2D eigenvalue weighted by atomic mass is 16.5. The number of fused-ring (bicyclic) bond motifs is 4. The zero-order valence-electron chi connectivity index (χ0n) is 16.3. The van der Waals surface area contributed by atoms with Crippen molar-refractivity contribution in [3.63, 3.8) is 0 Å². The van der Waals surface area contributed by atoms with E-state index >= 15 is 0 Å². The zero-order valence-corrected chi connectivity index (χ0v) is 16.3. The van der Waals surface area contributed by atoms with E-state index in [4.69, 9.17) is 9.47 Å². The van der Waals surface area contributed by atoms with E-state index in [2.05, 4.69) is 22.9 Å². The van der Waals surface area contributed by atoms with E-state index in [1.165, 1.54) is 20.5 Å². The minimum Gasteiger partial charge on any atom is -0.504 e. The van der Waals surface area contributed by atoms with Gasteiger partial charge in [0.15, 0.2) is 0 Å². The summed E-state index contributed by atoms with van der Waals surface area (Å²) in [5, 5.41) is 3.07. The monoisotopic (exact) mass is 382 g/mol. The molecule has 28 heavy (non-hydrogen) atoms. The molecule has 2 fully saturated rings. The van der Waals surface area contributed by atoms with E-state index in [0.717, 1.165) is 30.8 Å². The highest BCUT2D eigenvalue weighted by Crippen LogP contribution is 2.52. The number of esters is 1. The largest absolute Gasteiger partial charge is 0.504 e. The van der Waals surface area contributed by atoms with Crippen molar-refractivity contribution in [2.24, 2.45) is 11.8 Å². The summed E-state index contributed by atoms with van der Waals surface area (Å²) in [5.74, 6) is -0.351. The Bertz CT molecular complexity index is 849. The third kappa shape index (κ3) is 2.58. The predicted octanol–water partition coefficient (Wildman–Crippen LogP) is 2.48. The number of methoxy groups -OCH3 is 2. The topological polar surface area (TPSA) is 67.9 Å². The molecule has 1 N–H and O–H groups in total. The Morgan fingerprint density at radius 2 is 2.14 bits per heavy atom. The van der Waals surface area contributed by atoms with Gasteiger partial charge in [0.1, 0.15) is 0 Å². The molecule has 0 bridgehead atoms. The molecule has 2 saturated heterocycles. The fourth-order valence-corrected chi connectivity index (χ4v) is 5.38. The van der Waals surface area contributed by atoms with Crippen molar-refractivity contribution in [2.45, 2.75) is 24.3 Å². The molecule has 3 heterocycles. The van der Waals surface area contributed by atoms with E-state index < -0.39 is 11.4 Å². The van der Waals surface area contributed by atoms with Crippen molar-refractivity contribution in [1.82, 2.24) is 4.90 Å². The maximum Gasteiger partial charge on any atom is 0.337 e. The highest BCUT2D eigenvalue weighted by Gasteiger charge is 2.60. The van der Waals surface area contributed by atoms with Crippen LogP contribution in [0.4, 0.5) is 5.69 Å². The van der Waals surface area contributed by atoms with Crippen molar-refractivity contribution in [1.29, 1.82) is 0 Å². The molecular formula is C22H26N2O4. The summed E-state index contributed by atoms with van der Waals surface area (Å²) in [4.78, 5) is 28.0. The van der Waals surface area contributed by atoms with Crippen LogP contribution in [-0.4, -0.2) is 50.1 Å². The van der Waals surface area contributed by atoms with Crippen LogP contribution in [0.5, 0.6) is 0 Å². The molecule has 6 nitrogen and oxygen atoms in total. The number of nitrogens with zero attached hydrogens (tertiary/aromatic N) is 1. The Morgan fingerprint density at radius 3 is 2.86 bits per heavy atom. The number of piperidine rings is 1. The normalized spacial score (nSPS) is 31.9. The zero-order chi connectivity index (χ0) is 19.9. The lowest BCUT2D eigenvalue weighted by atomic mass is 9.68. The molecule has 4 atom stereocenters. The molecule has 3 aliphatic rings. The van der Waals surface area contributed by atoms with Crippen LogP contribution in [0.25, 0.3) is 0 Å². The first-order valence-corrected chi connectivity index (χ1v) is 9.65. The van der Waals surface area contributed by atoms with Gasteiger partial charge in [-0.1, -0.05) is 24.3 Å². The summed E-state index contributed by atoms with van der Waals surface area (Å²) >= 11 is 0. The Labute approximate surface area is 165 Å². The molecule has 1 spiro atoms. The quantitative estimate of drug-likeness (QED) is 0.375. The first-order chi connectivity index (χ1) is 13.6. The summed E-state index contributed by atoms with van der Waals surface area (Å²) in [6.45, 7) is 5.60. The lowest BCUT2D eigenvalue weighted by Gasteiger charge is -2.44. The molecule has 1 aromatic rings.